The van der Waals surface area contributed by atoms with E-state index in [1.807, 2.05) is 36.4 Å². The Labute approximate surface area is 179 Å². The summed E-state index contributed by atoms with van der Waals surface area (Å²) in [6.45, 7) is 1.78. The Balaban J connectivity index is 1.40. The van der Waals surface area contributed by atoms with Crippen LogP contribution in [0.15, 0.2) is 79.3 Å². The lowest BCUT2D eigenvalue weighted by Crippen LogP contribution is -2.12. The van der Waals surface area contributed by atoms with Gasteiger partial charge in [-0.05, 0) is 55.5 Å². The van der Waals surface area contributed by atoms with Gasteiger partial charge in [0.05, 0.1) is 5.69 Å². The van der Waals surface area contributed by atoms with Crippen molar-refractivity contribution < 1.29 is 9.32 Å². The van der Waals surface area contributed by atoms with Crippen LogP contribution in [0.25, 0.3) is 5.65 Å². The maximum absolute atomic E-state index is 12.3. The molecule has 0 unspecified atom stereocenters. The zero-order chi connectivity index (χ0) is 20.4. The van der Waals surface area contributed by atoms with Crippen molar-refractivity contribution in [3.63, 3.8) is 0 Å². The minimum atomic E-state index is -0.232. The first-order chi connectivity index (χ1) is 14.0. The molecule has 4 rings (SSSR count). The molecule has 0 atom stereocenters. The molecule has 0 fully saturated rings. The zero-order valence-corrected chi connectivity index (χ0v) is 17.8. The van der Waals surface area contributed by atoms with Gasteiger partial charge >= 0.3 is 0 Å². The fraction of sp³-hybridized carbons (Fsp3) is 0.0952. The monoisotopic (exact) mass is 469 g/mol. The van der Waals surface area contributed by atoms with Gasteiger partial charge in [0, 0.05) is 38.5 Å². The Bertz CT molecular complexity index is 1230. The lowest BCUT2D eigenvalue weighted by molar-refractivity contribution is 0.102. The zero-order valence-electron chi connectivity index (χ0n) is 15.4. The van der Waals surface area contributed by atoms with E-state index in [1.165, 1.54) is 10.6 Å². The Hall–Kier alpha value is -2.84. The van der Waals surface area contributed by atoms with E-state index in [0.29, 0.717) is 34.1 Å². The third-order valence-electron chi connectivity index (χ3n) is 4.13. The fourth-order valence-electron chi connectivity index (χ4n) is 2.74. The SMILES string of the molecule is Cc1cc2nc(CSc3ccc(NC(=O)c4ccc(Br)cc4)cc3)cc(=O)n2o1. The largest absolute Gasteiger partial charge is 0.375 e. The van der Waals surface area contributed by atoms with Gasteiger partial charge in [0.15, 0.2) is 5.65 Å². The van der Waals surface area contributed by atoms with Crippen LogP contribution in [0.4, 0.5) is 5.69 Å². The second-order valence-electron chi connectivity index (χ2n) is 6.36. The van der Waals surface area contributed by atoms with Crippen molar-refractivity contribution in [2.24, 2.45) is 0 Å². The van der Waals surface area contributed by atoms with Crippen molar-refractivity contribution in [1.82, 2.24) is 9.56 Å². The number of thioether (sulfide) groups is 1. The first-order valence-corrected chi connectivity index (χ1v) is 10.6. The number of hydrogen-bond acceptors (Lipinski definition) is 5. The summed E-state index contributed by atoms with van der Waals surface area (Å²) in [6.07, 6.45) is 0. The number of benzene rings is 2. The van der Waals surface area contributed by atoms with Crippen molar-refractivity contribution in [2.45, 2.75) is 17.6 Å². The maximum Gasteiger partial charge on any atom is 0.287 e. The average Bonchev–Trinajstić information content (AvgIpc) is 3.09. The first-order valence-electron chi connectivity index (χ1n) is 8.77. The van der Waals surface area contributed by atoms with Gasteiger partial charge in [0.25, 0.3) is 11.5 Å². The van der Waals surface area contributed by atoms with Crippen LogP contribution in [0.3, 0.4) is 0 Å². The van der Waals surface area contributed by atoms with E-state index in [2.05, 4.69) is 26.2 Å². The molecule has 146 valence electrons. The predicted molar refractivity (Wildman–Crippen MR) is 117 cm³/mol. The fourth-order valence-corrected chi connectivity index (χ4v) is 3.80. The number of carbonyl (C=O) groups excluding carboxylic acids is 1. The van der Waals surface area contributed by atoms with Crippen LogP contribution < -0.4 is 10.9 Å². The Morgan fingerprint density at radius 2 is 1.86 bits per heavy atom. The summed E-state index contributed by atoms with van der Waals surface area (Å²) in [5.41, 5.74) is 2.28. The number of hydrogen-bond donors (Lipinski definition) is 1. The van der Waals surface area contributed by atoms with Crippen LogP contribution in [0, 0.1) is 6.92 Å². The Morgan fingerprint density at radius 3 is 2.59 bits per heavy atom. The van der Waals surface area contributed by atoms with E-state index < -0.39 is 0 Å². The molecule has 2 aromatic heterocycles. The van der Waals surface area contributed by atoms with Crippen LogP contribution in [0.5, 0.6) is 0 Å². The van der Waals surface area contributed by atoms with Crippen LogP contribution in [-0.2, 0) is 5.75 Å². The number of fused-ring (bicyclic) bond motifs is 1. The second kappa shape index (κ2) is 8.26. The van der Waals surface area contributed by atoms with Crippen molar-refractivity contribution in [3.05, 3.63) is 92.5 Å². The maximum atomic E-state index is 12.3. The highest BCUT2D eigenvalue weighted by Gasteiger charge is 2.08. The standard InChI is InChI=1S/C21H16BrN3O3S/c1-13-10-19-23-17(11-20(26)25(19)28-13)12-29-18-8-6-16(7-9-18)24-21(27)14-2-4-15(22)5-3-14/h2-11H,12H2,1H3,(H,24,27). The van der Waals surface area contributed by atoms with Gasteiger partial charge in [-0.2, -0.15) is 0 Å². The Kier molecular flexibility index (Phi) is 5.55. The van der Waals surface area contributed by atoms with Gasteiger partial charge in [0.1, 0.15) is 5.76 Å². The van der Waals surface area contributed by atoms with Crippen molar-refractivity contribution >= 4 is 44.9 Å². The number of amides is 1. The summed E-state index contributed by atoms with van der Waals surface area (Å²) in [5.74, 6) is 1.03. The summed E-state index contributed by atoms with van der Waals surface area (Å²) in [5, 5.41) is 2.88. The van der Waals surface area contributed by atoms with Crippen LogP contribution in [-0.4, -0.2) is 15.5 Å². The first kappa shape index (κ1) is 19.5. The highest BCUT2D eigenvalue weighted by atomic mass is 79.9. The number of halogens is 1. The third-order valence-corrected chi connectivity index (χ3v) is 5.70. The molecule has 2 heterocycles. The van der Waals surface area contributed by atoms with E-state index in [0.717, 1.165) is 9.37 Å². The molecular formula is C21H16BrN3O3S. The molecule has 2 aromatic carbocycles. The van der Waals surface area contributed by atoms with E-state index in [-0.39, 0.29) is 11.5 Å². The lowest BCUT2D eigenvalue weighted by atomic mass is 10.2. The number of nitrogens with zero attached hydrogens (tertiary/aromatic N) is 2. The molecule has 0 saturated carbocycles. The molecule has 1 N–H and O–H groups in total. The molecule has 8 heteroatoms. The quantitative estimate of drug-likeness (QED) is 0.420. The molecule has 0 aliphatic heterocycles. The molecule has 6 nitrogen and oxygen atoms in total. The minimum absolute atomic E-state index is 0.161. The number of aromatic nitrogens is 2. The highest BCUT2D eigenvalue weighted by molar-refractivity contribution is 9.10. The lowest BCUT2D eigenvalue weighted by Gasteiger charge is -2.07. The van der Waals surface area contributed by atoms with E-state index in [9.17, 15) is 9.59 Å². The molecule has 1 amide bonds. The van der Waals surface area contributed by atoms with Gasteiger partial charge in [-0.25, -0.2) is 4.98 Å². The summed E-state index contributed by atoms with van der Waals surface area (Å²) < 4.78 is 7.41. The van der Waals surface area contributed by atoms with Crippen LogP contribution >= 0.6 is 27.7 Å². The number of rotatable bonds is 5. The predicted octanol–water partition coefficient (Wildman–Crippen LogP) is 4.90. The topological polar surface area (TPSA) is 76.6 Å². The molecule has 29 heavy (non-hydrogen) atoms. The third kappa shape index (κ3) is 4.60. The molecule has 0 aliphatic rings. The Morgan fingerprint density at radius 1 is 1.14 bits per heavy atom. The summed E-state index contributed by atoms with van der Waals surface area (Å²) in [7, 11) is 0. The average molecular weight is 470 g/mol. The second-order valence-corrected chi connectivity index (χ2v) is 8.32. The molecule has 4 aromatic rings. The van der Waals surface area contributed by atoms with Crippen molar-refractivity contribution in [2.75, 3.05) is 5.32 Å². The molecule has 0 spiro atoms. The van der Waals surface area contributed by atoms with Crippen molar-refractivity contribution in [3.8, 4) is 0 Å². The van der Waals surface area contributed by atoms with Crippen molar-refractivity contribution in [1.29, 1.82) is 0 Å². The molecule has 0 aliphatic carbocycles. The normalized spacial score (nSPS) is 11.0. The number of carbonyl (C=O) groups is 1. The van der Waals surface area contributed by atoms with Gasteiger partial charge in [0.2, 0.25) is 0 Å². The molecule has 0 bridgehead atoms. The van der Waals surface area contributed by atoms with Crippen LogP contribution in [0.2, 0.25) is 0 Å². The van der Waals surface area contributed by atoms with Gasteiger partial charge in [-0.15, -0.1) is 16.3 Å². The van der Waals surface area contributed by atoms with Gasteiger partial charge < -0.3 is 9.84 Å². The van der Waals surface area contributed by atoms with Gasteiger partial charge in [-0.3, -0.25) is 9.59 Å². The smallest absolute Gasteiger partial charge is 0.287 e. The molecule has 0 saturated heterocycles. The molecule has 0 radical (unpaired) electrons. The van der Waals surface area contributed by atoms with E-state index in [1.54, 1.807) is 36.9 Å². The summed E-state index contributed by atoms with van der Waals surface area (Å²) >= 11 is 4.92. The number of aryl methyl sites for hydroxylation is 1. The van der Waals surface area contributed by atoms with Gasteiger partial charge in [-0.1, -0.05) is 15.9 Å². The number of anilines is 1. The molecular weight excluding hydrogens is 454 g/mol. The van der Waals surface area contributed by atoms with E-state index >= 15 is 0 Å². The minimum Gasteiger partial charge on any atom is -0.375 e. The summed E-state index contributed by atoms with van der Waals surface area (Å²) in [6, 6.07) is 18.0. The van der Waals surface area contributed by atoms with E-state index in [4.69, 9.17) is 4.52 Å². The summed E-state index contributed by atoms with van der Waals surface area (Å²) in [4.78, 5) is 29.8. The number of nitrogens with one attached hydrogen (secondary N) is 1. The van der Waals surface area contributed by atoms with Crippen LogP contribution in [0.1, 0.15) is 21.8 Å². The highest BCUT2D eigenvalue weighted by Crippen LogP contribution is 2.24.